The van der Waals surface area contributed by atoms with Gasteiger partial charge in [-0.15, -0.1) is 0 Å². The molecule has 1 saturated carbocycles. The first-order valence-corrected chi connectivity index (χ1v) is 9.36. The molecule has 0 spiro atoms. The molecule has 0 radical (unpaired) electrons. The van der Waals surface area contributed by atoms with Crippen LogP contribution in [0.4, 0.5) is 0 Å². The highest BCUT2D eigenvalue weighted by molar-refractivity contribution is 6.74. The highest BCUT2D eigenvalue weighted by atomic mass is 28.4. The molecule has 1 fully saturated rings. The van der Waals surface area contributed by atoms with Crippen molar-refractivity contribution in [3.63, 3.8) is 0 Å². The standard InChI is InChI=1S/C13H28O2Si/c1-10-7-12(14)8-11(10)9-15-16(5,6)13(2,3)4/h10-12,14H,7-9H2,1-6H3/t10-,11-,12-/m0/s1. The maximum atomic E-state index is 9.62. The lowest BCUT2D eigenvalue weighted by Gasteiger charge is -2.37. The first kappa shape index (κ1) is 14.2. The Morgan fingerprint density at radius 3 is 2.19 bits per heavy atom. The van der Waals surface area contributed by atoms with E-state index in [-0.39, 0.29) is 11.1 Å². The molecule has 0 unspecified atom stereocenters. The molecule has 0 bridgehead atoms. The van der Waals surface area contributed by atoms with E-state index in [4.69, 9.17) is 4.43 Å². The van der Waals surface area contributed by atoms with Gasteiger partial charge in [0.15, 0.2) is 8.32 Å². The molecule has 1 aliphatic carbocycles. The zero-order valence-corrected chi connectivity index (χ0v) is 12.7. The van der Waals surface area contributed by atoms with Crippen LogP contribution in [0, 0.1) is 11.8 Å². The molecule has 0 aromatic heterocycles. The average molecular weight is 244 g/mol. The molecule has 0 aliphatic heterocycles. The van der Waals surface area contributed by atoms with Crippen molar-refractivity contribution in [2.45, 2.75) is 64.8 Å². The first-order chi connectivity index (χ1) is 7.13. The zero-order valence-electron chi connectivity index (χ0n) is 11.7. The van der Waals surface area contributed by atoms with Crippen LogP contribution in [-0.4, -0.2) is 26.1 Å². The quantitative estimate of drug-likeness (QED) is 0.771. The van der Waals surface area contributed by atoms with Gasteiger partial charge >= 0.3 is 0 Å². The maximum absolute atomic E-state index is 9.62. The Bertz CT molecular complexity index is 233. The van der Waals surface area contributed by atoms with Crippen molar-refractivity contribution in [3.8, 4) is 0 Å². The summed E-state index contributed by atoms with van der Waals surface area (Å²) in [6.07, 6.45) is 1.78. The Balaban J connectivity index is 2.46. The Kier molecular flexibility index (Phi) is 4.25. The first-order valence-electron chi connectivity index (χ1n) is 6.45. The molecular formula is C13H28O2Si. The lowest BCUT2D eigenvalue weighted by atomic mass is 10.00. The van der Waals surface area contributed by atoms with Crippen LogP contribution in [-0.2, 0) is 4.43 Å². The van der Waals surface area contributed by atoms with Gasteiger partial charge in [-0.1, -0.05) is 27.7 Å². The molecule has 96 valence electrons. The number of hydrogen-bond donors (Lipinski definition) is 1. The monoisotopic (exact) mass is 244 g/mol. The molecular weight excluding hydrogens is 216 g/mol. The summed E-state index contributed by atoms with van der Waals surface area (Å²) in [5.74, 6) is 1.17. The third-order valence-electron chi connectivity index (χ3n) is 4.49. The summed E-state index contributed by atoms with van der Waals surface area (Å²) >= 11 is 0. The van der Waals surface area contributed by atoms with Gasteiger partial charge in [-0.25, -0.2) is 0 Å². The Hall–Kier alpha value is 0.137. The predicted octanol–water partition coefficient (Wildman–Crippen LogP) is 3.42. The fraction of sp³-hybridized carbons (Fsp3) is 1.00. The summed E-state index contributed by atoms with van der Waals surface area (Å²) in [7, 11) is -1.61. The maximum Gasteiger partial charge on any atom is 0.191 e. The highest BCUT2D eigenvalue weighted by Gasteiger charge is 2.39. The van der Waals surface area contributed by atoms with E-state index in [0.717, 1.165) is 19.4 Å². The summed E-state index contributed by atoms with van der Waals surface area (Å²) in [6.45, 7) is 14.5. The fourth-order valence-corrected chi connectivity index (χ4v) is 3.13. The molecule has 0 aromatic carbocycles. The van der Waals surface area contributed by atoms with Gasteiger partial charge in [0, 0.05) is 6.61 Å². The van der Waals surface area contributed by atoms with Crippen molar-refractivity contribution in [3.05, 3.63) is 0 Å². The van der Waals surface area contributed by atoms with Crippen molar-refractivity contribution in [1.82, 2.24) is 0 Å². The Labute approximate surface area is 102 Å². The van der Waals surface area contributed by atoms with Crippen LogP contribution >= 0.6 is 0 Å². The van der Waals surface area contributed by atoms with Crippen molar-refractivity contribution in [1.29, 1.82) is 0 Å². The summed E-state index contributed by atoms with van der Waals surface area (Å²) in [4.78, 5) is 0. The molecule has 1 rings (SSSR count). The van der Waals surface area contributed by atoms with Crippen LogP contribution in [0.1, 0.15) is 40.5 Å². The number of aliphatic hydroxyl groups is 1. The lowest BCUT2D eigenvalue weighted by molar-refractivity contribution is 0.164. The van der Waals surface area contributed by atoms with Crippen LogP contribution in [0.15, 0.2) is 0 Å². The Morgan fingerprint density at radius 1 is 1.25 bits per heavy atom. The predicted molar refractivity (Wildman–Crippen MR) is 71.0 cm³/mol. The average Bonchev–Trinajstić information content (AvgIpc) is 2.39. The Morgan fingerprint density at radius 2 is 1.81 bits per heavy atom. The molecule has 1 aliphatic rings. The van der Waals surface area contributed by atoms with Gasteiger partial charge in [0.25, 0.3) is 0 Å². The van der Waals surface area contributed by atoms with E-state index in [0.29, 0.717) is 11.8 Å². The van der Waals surface area contributed by atoms with Crippen LogP contribution < -0.4 is 0 Å². The van der Waals surface area contributed by atoms with E-state index >= 15 is 0 Å². The van der Waals surface area contributed by atoms with E-state index in [1.54, 1.807) is 0 Å². The van der Waals surface area contributed by atoms with E-state index in [2.05, 4.69) is 40.8 Å². The van der Waals surface area contributed by atoms with Crippen LogP contribution in [0.25, 0.3) is 0 Å². The second-order valence-corrected chi connectivity index (χ2v) is 11.7. The molecule has 1 N–H and O–H groups in total. The van der Waals surface area contributed by atoms with E-state index in [9.17, 15) is 5.11 Å². The van der Waals surface area contributed by atoms with Crippen LogP contribution in [0.5, 0.6) is 0 Å². The fourth-order valence-electron chi connectivity index (χ4n) is 2.06. The van der Waals surface area contributed by atoms with Gasteiger partial charge in [-0.05, 0) is 42.8 Å². The summed E-state index contributed by atoms with van der Waals surface area (Å²) < 4.78 is 6.22. The zero-order chi connectivity index (χ0) is 12.6. The normalized spacial score (nSPS) is 32.1. The number of hydrogen-bond acceptors (Lipinski definition) is 2. The van der Waals surface area contributed by atoms with Crippen molar-refractivity contribution in [2.75, 3.05) is 6.61 Å². The molecule has 2 nitrogen and oxygen atoms in total. The van der Waals surface area contributed by atoms with Gasteiger partial charge in [0.2, 0.25) is 0 Å². The molecule has 0 aromatic rings. The SMILES string of the molecule is C[C@H]1C[C@H](O)C[C@H]1CO[Si](C)(C)C(C)(C)C. The molecule has 0 heterocycles. The number of aliphatic hydroxyl groups excluding tert-OH is 1. The summed E-state index contributed by atoms with van der Waals surface area (Å²) in [5.41, 5.74) is 0. The summed E-state index contributed by atoms with van der Waals surface area (Å²) in [5, 5.41) is 9.90. The van der Waals surface area contributed by atoms with Crippen LogP contribution in [0.2, 0.25) is 18.1 Å². The van der Waals surface area contributed by atoms with Gasteiger partial charge in [-0.3, -0.25) is 0 Å². The second kappa shape index (κ2) is 4.79. The van der Waals surface area contributed by atoms with Gasteiger partial charge in [0.05, 0.1) is 6.10 Å². The van der Waals surface area contributed by atoms with Crippen molar-refractivity contribution >= 4 is 8.32 Å². The van der Waals surface area contributed by atoms with E-state index in [1.807, 2.05) is 0 Å². The van der Waals surface area contributed by atoms with E-state index in [1.165, 1.54) is 0 Å². The minimum Gasteiger partial charge on any atom is -0.417 e. The van der Waals surface area contributed by atoms with Gasteiger partial charge < -0.3 is 9.53 Å². The van der Waals surface area contributed by atoms with Gasteiger partial charge in [0.1, 0.15) is 0 Å². The molecule has 0 saturated heterocycles. The largest absolute Gasteiger partial charge is 0.417 e. The van der Waals surface area contributed by atoms with Crippen LogP contribution in [0.3, 0.4) is 0 Å². The topological polar surface area (TPSA) is 29.5 Å². The second-order valence-electron chi connectivity index (χ2n) is 6.93. The number of rotatable bonds is 3. The highest BCUT2D eigenvalue weighted by Crippen LogP contribution is 2.38. The van der Waals surface area contributed by atoms with E-state index < -0.39 is 8.32 Å². The summed E-state index contributed by atoms with van der Waals surface area (Å²) in [6, 6.07) is 0. The smallest absolute Gasteiger partial charge is 0.191 e. The third-order valence-corrected chi connectivity index (χ3v) is 8.99. The van der Waals surface area contributed by atoms with Crippen molar-refractivity contribution in [2.24, 2.45) is 11.8 Å². The minimum absolute atomic E-state index is 0.0944. The van der Waals surface area contributed by atoms with Crippen molar-refractivity contribution < 1.29 is 9.53 Å². The lowest BCUT2D eigenvalue weighted by Crippen LogP contribution is -2.42. The minimum atomic E-state index is -1.61. The van der Waals surface area contributed by atoms with Gasteiger partial charge in [-0.2, -0.15) is 0 Å². The molecule has 3 heteroatoms. The third kappa shape index (κ3) is 3.31. The molecule has 16 heavy (non-hydrogen) atoms. The molecule has 3 atom stereocenters. The molecule has 0 amide bonds.